The van der Waals surface area contributed by atoms with Gasteiger partial charge in [0.15, 0.2) is 0 Å². The lowest BCUT2D eigenvalue weighted by molar-refractivity contribution is -0.129. The third-order valence-corrected chi connectivity index (χ3v) is 5.49. The van der Waals surface area contributed by atoms with Crippen LogP contribution in [-0.4, -0.2) is 28.8 Å². The number of piperidine rings is 2. The van der Waals surface area contributed by atoms with Gasteiger partial charge in [-0.15, -0.1) is 0 Å². The van der Waals surface area contributed by atoms with Gasteiger partial charge in [0.1, 0.15) is 5.78 Å². The molecule has 2 nitrogen and oxygen atoms in total. The molecule has 2 heteroatoms. The number of rotatable bonds is 1. The molecule has 0 amide bonds. The molecule has 2 saturated heterocycles. The summed E-state index contributed by atoms with van der Waals surface area (Å²) in [7, 11) is 0. The number of fused-ring (bicyclic) bond motifs is 2. The van der Waals surface area contributed by atoms with Crippen LogP contribution in [0.5, 0.6) is 0 Å². The Balaban J connectivity index is 1.72. The van der Waals surface area contributed by atoms with Gasteiger partial charge in [-0.2, -0.15) is 0 Å². The minimum atomic E-state index is 0.530. The summed E-state index contributed by atoms with van der Waals surface area (Å²) in [4.78, 5) is 14.6. The smallest absolute Gasteiger partial charge is 0.136 e. The molecule has 18 heavy (non-hydrogen) atoms. The zero-order chi connectivity index (χ0) is 12.5. The summed E-state index contributed by atoms with van der Waals surface area (Å²) in [5.74, 6) is 1.45. The summed E-state index contributed by atoms with van der Waals surface area (Å²) < 4.78 is 0. The minimum Gasteiger partial charge on any atom is -0.300 e. The largest absolute Gasteiger partial charge is 0.300 e. The molecule has 4 unspecified atom stereocenters. The number of carbonyl (C=O) groups is 1. The van der Waals surface area contributed by atoms with Crippen LogP contribution in [0.15, 0.2) is 0 Å². The molecule has 2 aliphatic heterocycles. The van der Waals surface area contributed by atoms with Crippen LogP contribution in [0.1, 0.15) is 71.1 Å². The van der Waals surface area contributed by atoms with Crippen LogP contribution in [0.4, 0.5) is 0 Å². The first-order valence-electron chi connectivity index (χ1n) is 8.03. The predicted octanol–water partition coefficient (Wildman–Crippen LogP) is 3.54. The molecular weight excluding hydrogens is 222 g/mol. The average Bonchev–Trinajstić information content (AvgIpc) is 2.53. The maximum absolute atomic E-state index is 11.8. The Labute approximate surface area is 111 Å². The molecule has 0 N–H and O–H groups in total. The van der Waals surface area contributed by atoms with Gasteiger partial charge in [0.05, 0.1) is 0 Å². The first-order valence-corrected chi connectivity index (χ1v) is 8.03. The molecule has 102 valence electrons. The zero-order valence-corrected chi connectivity index (χ0v) is 11.7. The molecule has 3 fully saturated rings. The lowest BCUT2D eigenvalue weighted by Gasteiger charge is -2.49. The van der Waals surface area contributed by atoms with Gasteiger partial charge in [0, 0.05) is 31.0 Å². The highest BCUT2D eigenvalue weighted by molar-refractivity contribution is 5.80. The quantitative estimate of drug-likeness (QED) is 0.662. The first-order chi connectivity index (χ1) is 8.74. The molecule has 0 aromatic heterocycles. The van der Waals surface area contributed by atoms with Gasteiger partial charge in [-0.1, -0.05) is 26.2 Å². The number of nitrogens with zero attached hydrogens (tertiary/aromatic N) is 1. The third-order valence-electron chi connectivity index (χ3n) is 5.49. The molecule has 1 aliphatic carbocycles. The first kappa shape index (κ1) is 12.7. The molecule has 0 aromatic rings. The normalized spacial score (nSPS) is 42.6. The van der Waals surface area contributed by atoms with Gasteiger partial charge in [-0.25, -0.2) is 0 Å². The van der Waals surface area contributed by atoms with Gasteiger partial charge < -0.3 is 0 Å². The summed E-state index contributed by atoms with van der Waals surface area (Å²) >= 11 is 0. The van der Waals surface area contributed by atoms with Crippen LogP contribution in [0, 0.1) is 5.92 Å². The van der Waals surface area contributed by atoms with Crippen LogP contribution in [0.25, 0.3) is 0 Å². The summed E-state index contributed by atoms with van der Waals surface area (Å²) in [6.07, 6.45) is 12.6. The highest BCUT2D eigenvalue weighted by Crippen LogP contribution is 2.38. The maximum Gasteiger partial charge on any atom is 0.136 e. The molecule has 2 heterocycles. The van der Waals surface area contributed by atoms with Crippen LogP contribution in [0.3, 0.4) is 0 Å². The Kier molecular flexibility index (Phi) is 3.74. The van der Waals surface area contributed by atoms with Crippen molar-refractivity contribution in [3.05, 3.63) is 0 Å². The van der Waals surface area contributed by atoms with Crippen LogP contribution >= 0.6 is 0 Å². The van der Waals surface area contributed by atoms with Crippen molar-refractivity contribution in [3.8, 4) is 0 Å². The van der Waals surface area contributed by atoms with E-state index >= 15 is 0 Å². The van der Waals surface area contributed by atoms with Gasteiger partial charge >= 0.3 is 0 Å². The molecule has 0 spiro atoms. The Bertz CT molecular complexity index is 298. The van der Waals surface area contributed by atoms with Crippen molar-refractivity contribution in [1.29, 1.82) is 0 Å². The van der Waals surface area contributed by atoms with Crippen molar-refractivity contribution >= 4 is 5.78 Å². The Morgan fingerprint density at radius 3 is 2.17 bits per heavy atom. The highest BCUT2D eigenvalue weighted by atomic mass is 16.1. The third kappa shape index (κ3) is 2.49. The van der Waals surface area contributed by atoms with E-state index in [9.17, 15) is 4.79 Å². The van der Waals surface area contributed by atoms with Gasteiger partial charge in [-0.05, 0) is 38.0 Å². The fourth-order valence-corrected chi connectivity index (χ4v) is 4.57. The van der Waals surface area contributed by atoms with E-state index in [1.807, 2.05) is 0 Å². The summed E-state index contributed by atoms with van der Waals surface area (Å²) in [6.45, 7) is 2.41. The van der Waals surface area contributed by atoms with E-state index < -0.39 is 0 Å². The van der Waals surface area contributed by atoms with E-state index in [0.29, 0.717) is 17.9 Å². The van der Waals surface area contributed by atoms with Crippen molar-refractivity contribution < 1.29 is 4.79 Å². The fraction of sp³-hybridized carbons (Fsp3) is 0.938. The molecule has 0 aromatic carbocycles. The molecule has 4 atom stereocenters. The second-order valence-electron chi connectivity index (χ2n) is 6.90. The van der Waals surface area contributed by atoms with Gasteiger partial charge in [0.2, 0.25) is 0 Å². The number of ketones is 1. The fourth-order valence-electron chi connectivity index (χ4n) is 4.57. The van der Waals surface area contributed by atoms with E-state index in [0.717, 1.165) is 24.8 Å². The van der Waals surface area contributed by atoms with E-state index in [4.69, 9.17) is 0 Å². The highest BCUT2D eigenvalue weighted by Gasteiger charge is 2.41. The molecule has 3 rings (SSSR count). The Hall–Kier alpha value is -0.370. The molecular formula is C16H27NO. The molecule has 1 saturated carbocycles. The Morgan fingerprint density at radius 2 is 1.44 bits per heavy atom. The van der Waals surface area contributed by atoms with E-state index in [1.54, 1.807) is 0 Å². The summed E-state index contributed by atoms with van der Waals surface area (Å²) in [5.41, 5.74) is 0. The second-order valence-corrected chi connectivity index (χ2v) is 6.90. The minimum absolute atomic E-state index is 0.530. The maximum atomic E-state index is 11.8. The lowest BCUT2D eigenvalue weighted by atomic mass is 9.81. The SMILES string of the molecule is CC1CCCC(N2C3CCCC2CC(=O)C3)CC1. The van der Waals surface area contributed by atoms with Crippen LogP contribution in [0.2, 0.25) is 0 Å². The number of hydrogen-bond donors (Lipinski definition) is 0. The lowest BCUT2D eigenvalue weighted by Crippen LogP contribution is -2.56. The molecule has 3 aliphatic rings. The molecule has 2 bridgehead atoms. The van der Waals surface area contributed by atoms with Crippen molar-refractivity contribution in [2.24, 2.45) is 5.92 Å². The van der Waals surface area contributed by atoms with E-state index in [2.05, 4.69) is 11.8 Å². The van der Waals surface area contributed by atoms with Crippen LogP contribution in [-0.2, 0) is 4.79 Å². The second kappa shape index (κ2) is 5.32. The number of Topliss-reactive ketones (excluding diaryl/α,β-unsaturated/α-hetero) is 1. The summed E-state index contributed by atoms with van der Waals surface area (Å²) in [6, 6.07) is 1.99. The number of carbonyl (C=O) groups excluding carboxylic acids is 1. The number of hydrogen-bond acceptors (Lipinski definition) is 2. The van der Waals surface area contributed by atoms with Crippen LogP contribution < -0.4 is 0 Å². The predicted molar refractivity (Wildman–Crippen MR) is 73.5 cm³/mol. The monoisotopic (exact) mass is 249 g/mol. The summed E-state index contributed by atoms with van der Waals surface area (Å²) in [5, 5.41) is 0. The van der Waals surface area contributed by atoms with Crippen molar-refractivity contribution in [2.45, 2.75) is 89.3 Å². The molecule has 0 radical (unpaired) electrons. The van der Waals surface area contributed by atoms with Crippen molar-refractivity contribution in [2.75, 3.05) is 0 Å². The average molecular weight is 249 g/mol. The van der Waals surface area contributed by atoms with Crippen molar-refractivity contribution in [3.63, 3.8) is 0 Å². The topological polar surface area (TPSA) is 20.3 Å². The Morgan fingerprint density at radius 1 is 0.833 bits per heavy atom. The zero-order valence-electron chi connectivity index (χ0n) is 11.7. The van der Waals surface area contributed by atoms with Gasteiger partial charge in [-0.3, -0.25) is 9.69 Å². The van der Waals surface area contributed by atoms with Gasteiger partial charge in [0.25, 0.3) is 0 Å². The standard InChI is InChI=1S/C16H27NO/c1-12-4-2-5-13(9-8-12)17-14-6-3-7-15(17)11-16(18)10-14/h12-15H,2-11H2,1H3. The van der Waals surface area contributed by atoms with Crippen molar-refractivity contribution in [1.82, 2.24) is 4.90 Å². The van der Waals surface area contributed by atoms with E-state index in [1.165, 1.54) is 51.4 Å². The van der Waals surface area contributed by atoms with E-state index in [-0.39, 0.29) is 0 Å².